The Hall–Kier alpha value is 0.310. The highest BCUT2D eigenvalue weighted by atomic mass is 32.1. The van der Waals surface area contributed by atoms with Crippen molar-refractivity contribution in [3.05, 3.63) is 0 Å². The Balaban J connectivity index is 3.64. The summed E-state index contributed by atoms with van der Waals surface area (Å²) < 4.78 is 0. The molecule has 0 heterocycles. The van der Waals surface area contributed by atoms with Crippen LogP contribution in [-0.2, 0) is 0 Å². The SMILES string of the molecule is CCCN(C)CC(C)(C)CS. The normalized spacial score (nSPS) is 12.5. The highest BCUT2D eigenvalue weighted by molar-refractivity contribution is 7.80. The maximum atomic E-state index is 4.32. The first-order valence-electron chi connectivity index (χ1n) is 4.31. The van der Waals surface area contributed by atoms with Crippen molar-refractivity contribution in [2.75, 3.05) is 25.9 Å². The summed E-state index contributed by atoms with van der Waals surface area (Å²) in [5, 5.41) is 0. The fourth-order valence-electron chi connectivity index (χ4n) is 1.24. The molecule has 1 nitrogen and oxygen atoms in total. The molecule has 0 bridgehead atoms. The van der Waals surface area contributed by atoms with E-state index >= 15 is 0 Å². The van der Waals surface area contributed by atoms with Gasteiger partial charge in [-0.05, 0) is 31.2 Å². The first kappa shape index (κ1) is 11.3. The van der Waals surface area contributed by atoms with E-state index in [-0.39, 0.29) is 0 Å². The first-order valence-corrected chi connectivity index (χ1v) is 4.94. The molecule has 11 heavy (non-hydrogen) atoms. The van der Waals surface area contributed by atoms with Gasteiger partial charge in [0.2, 0.25) is 0 Å². The Morgan fingerprint density at radius 2 is 1.91 bits per heavy atom. The van der Waals surface area contributed by atoms with E-state index in [0.717, 1.165) is 12.3 Å². The average molecular weight is 175 g/mol. The molecule has 0 saturated carbocycles. The van der Waals surface area contributed by atoms with Gasteiger partial charge in [0, 0.05) is 6.54 Å². The smallest absolute Gasteiger partial charge is 0.00374 e. The van der Waals surface area contributed by atoms with E-state index in [0.29, 0.717) is 5.41 Å². The zero-order valence-corrected chi connectivity index (χ0v) is 9.12. The van der Waals surface area contributed by atoms with E-state index in [2.05, 4.69) is 45.3 Å². The predicted molar refractivity (Wildman–Crippen MR) is 55.4 cm³/mol. The Labute approximate surface area is 76.6 Å². The van der Waals surface area contributed by atoms with Gasteiger partial charge in [-0.25, -0.2) is 0 Å². The van der Waals surface area contributed by atoms with Crippen molar-refractivity contribution in [1.82, 2.24) is 4.90 Å². The molecule has 0 saturated heterocycles. The number of hydrogen-bond acceptors (Lipinski definition) is 2. The Morgan fingerprint density at radius 1 is 1.36 bits per heavy atom. The van der Waals surface area contributed by atoms with Gasteiger partial charge in [-0.2, -0.15) is 12.6 Å². The lowest BCUT2D eigenvalue weighted by atomic mass is 9.96. The topological polar surface area (TPSA) is 3.24 Å². The van der Waals surface area contributed by atoms with Gasteiger partial charge in [0.05, 0.1) is 0 Å². The van der Waals surface area contributed by atoms with Crippen LogP contribution in [-0.4, -0.2) is 30.8 Å². The number of thiol groups is 1. The van der Waals surface area contributed by atoms with E-state index in [1.807, 2.05) is 0 Å². The molecule has 0 aromatic rings. The van der Waals surface area contributed by atoms with Crippen LogP contribution < -0.4 is 0 Å². The van der Waals surface area contributed by atoms with E-state index < -0.39 is 0 Å². The zero-order chi connectivity index (χ0) is 8.91. The van der Waals surface area contributed by atoms with Gasteiger partial charge in [0.1, 0.15) is 0 Å². The largest absolute Gasteiger partial charge is 0.306 e. The van der Waals surface area contributed by atoms with Gasteiger partial charge >= 0.3 is 0 Å². The van der Waals surface area contributed by atoms with Gasteiger partial charge < -0.3 is 4.90 Å². The van der Waals surface area contributed by atoms with Crippen LogP contribution in [0.25, 0.3) is 0 Å². The molecule has 68 valence electrons. The second-order valence-corrected chi connectivity index (χ2v) is 4.38. The van der Waals surface area contributed by atoms with Crippen LogP contribution >= 0.6 is 12.6 Å². The quantitative estimate of drug-likeness (QED) is 0.627. The zero-order valence-electron chi connectivity index (χ0n) is 8.22. The van der Waals surface area contributed by atoms with Crippen LogP contribution in [0.5, 0.6) is 0 Å². The lowest BCUT2D eigenvalue weighted by Crippen LogP contribution is -2.33. The summed E-state index contributed by atoms with van der Waals surface area (Å²) >= 11 is 4.32. The highest BCUT2D eigenvalue weighted by Crippen LogP contribution is 2.17. The van der Waals surface area contributed by atoms with Crippen LogP contribution in [0.15, 0.2) is 0 Å². The van der Waals surface area contributed by atoms with Crippen molar-refractivity contribution in [3.8, 4) is 0 Å². The van der Waals surface area contributed by atoms with Gasteiger partial charge in [0.15, 0.2) is 0 Å². The predicted octanol–water partition coefficient (Wildman–Crippen LogP) is 2.28. The first-order chi connectivity index (χ1) is 5.02. The van der Waals surface area contributed by atoms with Crippen LogP contribution in [0.2, 0.25) is 0 Å². The lowest BCUT2D eigenvalue weighted by molar-refractivity contribution is 0.232. The Kier molecular flexibility index (Phi) is 5.19. The third-order valence-electron chi connectivity index (χ3n) is 1.73. The summed E-state index contributed by atoms with van der Waals surface area (Å²) in [5.41, 5.74) is 0.354. The molecule has 0 aliphatic heterocycles. The van der Waals surface area contributed by atoms with Crippen molar-refractivity contribution in [1.29, 1.82) is 0 Å². The van der Waals surface area contributed by atoms with E-state index in [9.17, 15) is 0 Å². The van der Waals surface area contributed by atoms with E-state index in [4.69, 9.17) is 0 Å². The second-order valence-electron chi connectivity index (χ2n) is 4.06. The molecule has 0 amide bonds. The summed E-state index contributed by atoms with van der Waals surface area (Å²) in [7, 11) is 2.18. The average Bonchev–Trinajstić information content (AvgIpc) is 1.87. The van der Waals surface area contributed by atoms with Crippen LogP contribution in [0.4, 0.5) is 0 Å². The molecule has 0 aromatic heterocycles. The second kappa shape index (κ2) is 5.04. The van der Waals surface area contributed by atoms with Crippen LogP contribution in [0.3, 0.4) is 0 Å². The van der Waals surface area contributed by atoms with Gasteiger partial charge in [-0.3, -0.25) is 0 Å². The van der Waals surface area contributed by atoms with Crippen molar-refractivity contribution in [2.24, 2.45) is 5.41 Å². The van der Waals surface area contributed by atoms with Gasteiger partial charge in [-0.15, -0.1) is 0 Å². The number of hydrogen-bond donors (Lipinski definition) is 1. The molecule has 0 aliphatic carbocycles. The highest BCUT2D eigenvalue weighted by Gasteiger charge is 2.17. The monoisotopic (exact) mass is 175 g/mol. The molecule has 0 fully saturated rings. The Bertz CT molecular complexity index is 102. The maximum Gasteiger partial charge on any atom is 0.00374 e. The fourth-order valence-corrected chi connectivity index (χ4v) is 1.34. The molecule has 0 radical (unpaired) electrons. The maximum absolute atomic E-state index is 4.32. The summed E-state index contributed by atoms with van der Waals surface area (Å²) in [4.78, 5) is 2.37. The lowest BCUT2D eigenvalue weighted by Gasteiger charge is -2.28. The molecule has 0 aromatic carbocycles. The minimum Gasteiger partial charge on any atom is -0.306 e. The molecule has 0 spiro atoms. The van der Waals surface area contributed by atoms with Crippen molar-refractivity contribution < 1.29 is 0 Å². The molecular weight excluding hydrogens is 154 g/mol. The van der Waals surface area contributed by atoms with Crippen LogP contribution in [0.1, 0.15) is 27.2 Å². The fraction of sp³-hybridized carbons (Fsp3) is 1.00. The van der Waals surface area contributed by atoms with Crippen molar-refractivity contribution >= 4 is 12.6 Å². The minimum absolute atomic E-state index is 0.354. The molecule has 0 N–H and O–H groups in total. The molecule has 0 atom stereocenters. The molecule has 0 aliphatic rings. The third-order valence-corrected chi connectivity index (χ3v) is 2.59. The van der Waals surface area contributed by atoms with Crippen molar-refractivity contribution in [3.63, 3.8) is 0 Å². The minimum atomic E-state index is 0.354. The molecule has 2 heteroatoms. The summed E-state index contributed by atoms with van der Waals surface area (Å²) in [6, 6.07) is 0. The van der Waals surface area contributed by atoms with Crippen LogP contribution in [0, 0.1) is 5.41 Å². The molecule has 0 unspecified atom stereocenters. The van der Waals surface area contributed by atoms with Gasteiger partial charge in [-0.1, -0.05) is 20.8 Å². The summed E-state index contributed by atoms with van der Waals surface area (Å²) in [6.07, 6.45) is 1.24. The Morgan fingerprint density at radius 3 is 2.27 bits per heavy atom. The number of nitrogens with zero attached hydrogens (tertiary/aromatic N) is 1. The van der Waals surface area contributed by atoms with E-state index in [1.54, 1.807) is 0 Å². The molecular formula is C9H21NS. The summed E-state index contributed by atoms with van der Waals surface area (Å²) in [6.45, 7) is 9.06. The summed E-state index contributed by atoms with van der Waals surface area (Å²) in [5.74, 6) is 0.959. The third kappa shape index (κ3) is 5.57. The van der Waals surface area contributed by atoms with Gasteiger partial charge in [0.25, 0.3) is 0 Å². The van der Waals surface area contributed by atoms with E-state index in [1.165, 1.54) is 13.0 Å². The van der Waals surface area contributed by atoms with Crippen molar-refractivity contribution in [2.45, 2.75) is 27.2 Å². The molecule has 0 rings (SSSR count). The standard InChI is InChI=1S/C9H21NS/c1-5-6-10(4)7-9(2,3)8-11/h11H,5-8H2,1-4H3. The number of rotatable bonds is 5.